The molecule has 0 amide bonds. The summed E-state index contributed by atoms with van der Waals surface area (Å²) in [5.41, 5.74) is 1.09. The van der Waals surface area contributed by atoms with Gasteiger partial charge in [-0.15, -0.1) is 11.3 Å². The fraction of sp³-hybridized carbons (Fsp3) is 0.286. The smallest absolute Gasteiger partial charge is 0.194 e. The van der Waals surface area contributed by atoms with E-state index >= 15 is 0 Å². The summed E-state index contributed by atoms with van der Waals surface area (Å²) < 4.78 is 3.42. The lowest BCUT2D eigenvalue weighted by molar-refractivity contribution is 1.16. The molecular formula is C7H7IN2S. The lowest BCUT2D eigenvalue weighted by atomic mass is 10.6. The van der Waals surface area contributed by atoms with Crippen molar-refractivity contribution in [2.75, 3.05) is 0 Å². The highest BCUT2D eigenvalue weighted by molar-refractivity contribution is 14.1. The molecule has 0 aromatic carbocycles. The van der Waals surface area contributed by atoms with Crippen LogP contribution in [0.25, 0.3) is 4.96 Å². The van der Waals surface area contributed by atoms with Gasteiger partial charge in [0.25, 0.3) is 0 Å². The van der Waals surface area contributed by atoms with Gasteiger partial charge in [-0.25, -0.2) is 4.98 Å². The number of halogens is 1. The molecule has 0 bridgehead atoms. The normalized spacial score (nSPS) is 11.2. The maximum atomic E-state index is 4.37. The molecule has 0 aliphatic heterocycles. The third-order valence-corrected chi connectivity index (χ3v) is 4.21. The Balaban J connectivity index is 2.88. The number of fused-ring (bicyclic) bond motifs is 1. The lowest BCUT2D eigenvalue weighted by Gasteiger charge is -1.85. The largest absolute Gasteiger partial charge is 0.285 e. The van der Waals surface area contributed by atoms with Crippen LogP contribution in [-0.2, 0) is 0 Å². The zero-order valence-electron chi connectivity index (χ0n) is 6.26. The maximum Gasteiger partial charge on any atom is 0.194 e. The third kappa shape index (κ3) is 1.08. The minimum Gasteiger partial charge on any atom is -0.285 e. The first-order valence-corrected chi connectivity index (χ1v) is 5.18. The van der Waals surface area contributed by atoms with Gasteiger partial charge in [-0.2, -0.15) is 0 Å². The number of aryl methyl sites for hydroxylation is 2. The molecule has 0 unspecified atom stereocenters. The lowest BCUT2D eigenvalue weighted by Crippen LogP contribution is -1.80. The standard InChI is InChI=1S/C7H7IN2S/c1-4-3-10-6(8)5(2)11-7(10)9-4/h3H,1-2H3. The van der Waals surface area contributed by atoms with E-state index in [-0.39, 0.29) is 0 Å². The van der Waals surface area contributed by atoms with Gasteiger partial charge >= 0.3 is 0 Å². The van der Waals surface area contributed by atoms with Crippen LogP contribution >= 0.6 is 33.9 Å². The van der Waals surface area contributed by atoms with E-state index < -0.39 is 0 Å². The molecule has 2 nitrogen and oxygen atoms in total. The summed E-state index contributed by atoms with van der Waals surface area (Å²) in [5.74, 6) is 0. The second-order valence-electron chi connectivity index (χ2n) is 2.48. The fourth-order valence-corrected chi connectivity index (χ4v) is 2.79. The van der Waals surface area contributed by atoms with Crippen LogP contribution in [0.4, 0.5) is 0 Å². The number of rotatable bonds is 0. The van der Waals surface area contributed by atoms with Crippen LogP contribution in [0.3, 0.4) is 0 Å². The summed E-state index contributed by atoms with van der Waals surface area (Å²) in [7, 11) is 0. The van der Waals surface area contributed by atoms with Crippen LogP contribution in [0.5, 0.6) is 0 Å². The summed E-state index contributed by atoms with van der Waals surface area (Å²) in [5, 5.41) is 0. The first kappa shape index (κ1) is 7.54. The molecule has 0 aliphatic carbocycles. The SMILES string of the molecule is Cc1cn2c(I)c(C)sc2n1. The monoisotopic (exact) mass is 278 g/mol. The average molecular weight is 278 g/mol. The molecule has 2 aromatic rings. The summed E-state index contributed by atoms with van der Waals surface area (Å²) in [6.07, 6.45) is 2.07. The highest BCUT2D eigenvalue weighted by Crippen LogP contribution is 2.23. The van der Waals surface area contributed by atoms with Gasteiger partial charge in [0.1, 0.15) is 0 Å². The van der Waals surface area contributed by atoms with E-state index in [4.69, 9.17) is 0 Å². The first-order valence-electron chi connectivity index (χ1n) is 3.29. The Kier molecular flexibility index (Phi) is 1.68. The number of hydrogen-bond donors (Lipinski definition) is 0. The Morgan fingerprint density at radius 1 is 1.55 bits per heavy atom. The van der Waals surface area contributed by atoms with E-state index in [1.807, 2.05) is 6.92 Å². The van der Waals surface area contributed by atoms with Crippen LogP contribution in [0.2, 0.25) is 0 Å². The summed E-state index contributed by atoms with van der Waals surface area (Å²) in [4.78, 5) is 6.81. The van der Waals surface area contributed by atoms with E-state index in [2.05, 4.69) is 45.1 Å². The van der Waals surface area contributed by atoms with Crippen LogP contribution in [-0.4, -0.2) is 9.38 Å². The number of nitrogens with zero attached hydrogens (tertiary/aromatic N) is 2. The van der Waals surface area contributed by atoms with E-state index in [1.54, 1.807) is 11.3 Å². The minimum atomic E-state index is 1.09. The number of aromatic nitrogens is 2. The molecular weight excluding hydrogens is 271 g/mol. The van der Waals surface area contributed by atoms with Crippen LogP contribution in [0.15, 0.2) is 6.20 Å². The molecule has 0 aliphatic rings. The molecule has 2 rings (SSSR count). The van der Waals surface area contributed by atoms with Crippen molar-refractivity contribution in [1.82, 2.24) is 9.38 Å². The quantitative estimate of drug-likeness (QED) is 0.677. The summed E-state index contributed by atoms with van der Waals surface area (Å²) >= 11 is 4.09. The van der Waals surface area contributed by atoms with Crippen molar-refractivity contribution in [3.63, 3.8) is 0 Å². The Bertz CT molecular complexity index is 402. The van der Waals surface area contributed by atoms with Gasteiger partial charge < -0.3 is 0 Å². The van der Waals surface area contributed by atoms with Crippen molar-refractivity contribution in [2.24, 2.45) is 0 Å². The molecule has 4 heteroatoms. The van der Waals surface area contributed by atoms with Crippen LogP contribution in [0, 0.1) is 17.5 Å². The Morgan fingerprint density at radius 3 is 2.91 bits per heavy atom. The molecule has 0 saturated carbocycles. The Morgan fingerprint density at radius 2 is 2.27 bits per heavy atom. The molecule has 2 aromatic heterocycles. The number of thiazole rings is 1. The van der Waals surface area contributed by atoms with Gasteiger partial charge in [-0.1, -0.05) is 0 Å². The predicted molar refractivity (Wildman–Crippen MR) is 55.3 cm³/mol. The van der Waals surface area contributed by atoms with E-state index in [1.165, 1.54) is 8.58 Å². The highest BCUT2D eigenvalue weighted by atomic mass is 127. The topological polar surface area (TPSA) is 17.3 Å². The van der Waals surface area contributed by atoms with Gasteiger partial charge in [0.15, 0.2) is 4.96 Å². The van der Waals surface area contributed by atoms with Gasteiger partial charge in [0, 0.05) is 11.1 Å². The van der Waals surface area contributed by atoms with Crippen molar-refractivity contribution < 1.29 is 0 Å². The molecule has 11 heavy (non-hydrogen) atoms. The summed E-state index contributed by atoms with van der Waals surface area (Å²) in [6, 6.07) is 0. The molecule has 0 saturated heterocycles. The molecule has 2 heterocycles. The first-order chi connectivity index (χ1) is 5.18. The minimum absolute atomic E-state index is 1.09. The average Bonchev–Trinajstić information content (AvgIpc) is 2.37. The molecule has 0 atom stereocenters. The molecule has 0 radical (unpaired) electrons. The van der Waals surface area contributed by atoms with Crippen molar-refractivity contribution in [3.8, 4) is 0 Å². The van der Waals surface area contributed by atoms with Crippen molar-refractivity contribution in [3.05, 3.63) is 20.5 Å². The Labute approximate surface area is 82.4 Å². The highest BCUT2D eigenvalue weighted by Gasteiger charge is 2.06. The maximum absolute atomic E-state index is 4.37. The van der Waals surface area contributed by atoms with Gasteiger partial charge in [0.05, 0.1) is 9.39 Å². The molecule has 0 spiro atoms. The van der Waals surface area contributed by atoms with Crippen molar-refractivity contribution in [2.45, 2.75) is 13.8 Å². The zero-order valence-corrected chi connectivity index (χ0v) is 9.23. The van der Waals surface area contributed by atoms with Crippen LogP contribution < -0.4 is 0 Å². The second kappa shape index (κ2) is 2.45. The fourth-order valence-electron chi connectivity index (χ4n) is 1.04. The number of hydrogen-bond acceptors (Lipinski definition) is 2. The third-order valence-electron chi connectivity index (χ3n) is 1.54. The zero-order chi connectivity index (χ0) is 8.01. The van der Waals surface area contributed by atoms with Crippen molar-refractivity contribution >= 4 is 38.9 Å². The van der Waals surface area contributed by atoms with E-state index in [0.717, 1.165) is 10.7 Å². The second-order valence-corrected chi connectivity index (χ2v) is 4.69. The Hall–Kier alpha value is -0.100. The van der Waals surface area contributed by atoms with Crippen LogP contribution in [0.1, 0.15) is 10.6 Å². The predicted octanol–water partition coefficient (Wildman–Crippen LogP) is 2.62. The van der Waals surface area contributed by atoms with Gasteiger partial charge in [0.2, 0.25) is 0 Å². The van der Waals surface area contributed by atoms with Gasteiger partial charge in [-0.05, 0) is 36.4 Å². The van der Waals surface area contributed by atoms with E-state index in [9.17, 15) is 0 Å². The molecule has 58 valence electrons. The number of imidazole rings is 1. The molecule has 0 fully saturated rings. The molecule has 0 N–H and O–H groups in total. The van der Waals surface area contributed by atoms with Gasteiger partial charge in [-0.3, -0.25) is 4.40 Å². The van der Waals surface area contributed by atoms with E-state index in [0.29, 0.717) is 0 Å². The van der Waals surface area contributed by atoms with Crippen molar-refractivity contribution in [1.29, 1.82) is 0 Å². The summed E-state index contributed by atoms with van der Waals surface area (Å²) in [6.45, 7) is 4.14.